The maximum absolute atomic E-state index is 13.2. The van der Waals surface area contributed by atoms with Gasteiger partial charge in [-0.25, -0.2) is 0 Å². The molecule has 3 rings (SSSR count). The highest BCUT2D eigenvalue weighted by Crippen LogP contribution is 2.35. The second-order valence-corrected chi connectivity index (χ2v) is 7.00. The quantitative estimate of drug-likeness (QED) is 0.620. The molecule has 2 N–H and O–H groups in total. The van der Waals surface area contributed by atoms with Crippen LogP contribution in [0.2, 0.25) is 0 Å². The Kier molecular flexibility index (Phi) is 5.44. The Morgan fingerprint density at radius 1 is 1.21 bits per heavy atom. The van der Waals surface area contributed by atoms with Crippen molar-refractivity contribution in [1.82, 2.24) is 15.1 Å². The number of carbonyl (C=O) groups is 1. The molecule has 0 saturated carbocycles. The topological polar surface area (TPSA) is 74.0 Å². The Bertz CT molecular complexity index is 884. The molecule has 2 aromatic rings. The number of fused-ring (bicyclic) bond motifs is 1. The minimum absolute atomic E-state index is 0.104. The molecule has 9 heteroatoms. The monoisotopic (exact) mass is 393 g/mol. The number of hydrogen-bond acceptors (Lipinski definition) is 4. The first-order chi connectivity index (χ1) is 13.2. The fraction of sp³-hybridized carbons (Fsp3) is 0.421. The largest absolute Gasteiger partial charge is 0.435 e. The third kappa shape index (κ3) is 4.18. The van der Waals surface area contributed by atoms with Gasteiger partial charge < -0.3 is 10.2 Å². The molecule has 150 valence electrons. The van der Waals surface area contributed by atoms with E-state index in [1.165, 1.54) is 0 Å². The van der Waals surface area contributed by atoms with E-state index in [2.05, 4.69) is 10.4 Å². The summed E-state index contributed by atoms with van der Waals surface area (Å²) in [4.78, 5) is 14.2. The van der Waals surface area contributed by atoms with E-state index in [-0.39, 0.29) is 17.9 Å². The third-order valence-corrected chi connectivity index (χ3v) is 4.76. The summed E-state index contributed by atoms with van der Waals surface area (Å²) in [6.07, 6.45) is -2.30. The van der Waals surface area contributed by atoms with Crippen molar-refractivity contribution in [2.45, 2.75) is 38.4 Å². The van der Waals surface area contributed by atoms with Crippen LogP contribution in [0, 0.1) is 5.41 Å². The molecule has 0 radical (unpaired) electrons. The summed E-state index contributed by atoms with van der Waals surface area (Å²) in [7, 11) is 3.78. The Morgan fingerprint density at radius 2 is 1.86 bits per heavy atom. The number of aromatic nitrogens is 2. The Balaban J connectivity index is 1.73. The lowest BCUT2D eigenvalue weighted by Gasteiger charge is -2.15. The summed E-state index contributed by atoms with van der Waals surface area (Å²) < 4.78 is 40.8. The Labute approximate surface area is 160 Å². The van der Waals surface area contributed by atoms with Crippen molar-refractivity contribution in [2.24, 2.45) is 0 Å². The average Bonchev–Trinajstić information content (AvgIpc) is 3.00. The van der Waals surface area contributed by atoms with Crippen molar-refractivity contribution >= 4 is 17.4 Å². The normalized spacial score (nSPS) is 13.8. The van der Waals surface area contributed by atoms with Crippen molar-refractivity contribution in [2.75, 3.05) is 19.0 Å². The van der Waals surface area contributed by atoms with Crippen molar-refractivity contribution in [1.29, 1.82) is 5.41 Å². The number of alkyl halides is 3. The second kappa shape index (κ2) is 7.65. The van der Waals surface area contributed by atoms with Gasteiger partial charge in [0.1, 0.15) is 12.4 Å². The number of nitrogens with one attached hydrogen (secondary N) is 2. The van der Waals surface area contributed by atoms with E-state index in [9.17, 15) is 18.0 Å². The minimum Gasteiger partial charge on any atom is -0.378 e. The molecule has 1 amide bonds. The summed E-state index contributed by atoms with van der Waals surface area (Å²) in [5.74, 6) is -0.682. The number of carbonyl (C=O) groups excluding carboxylic acids is 1. The first-order valence-electron chi connectivity index (χ1n) is 8.98. The summed E-state index contributed by atoms with van der Waals surface area (Å²) in [6, 6.07) is 7.04. The zero-order valence-electron chi connectivity index (χ0n) is 15.7. The minimum atomic E-state index is -4.54. The zero-order valence-corrected chi connectivity index (χ0v) is 15.7. The fourth-order valence-electron chi connectivity index (χ4n) is 3.34. The maximum atomic E-state index is 13.2. The van der Waals surface area contributed by atoms with E-state index in [1.54, 1.807) is 12.1 Å². The molecule has 0 atom stereocenters. The second-order valence-electron chi connectivity index (χ2n) is 7.00. The van der Waals surface area contributed by atoms with Crippen LogP contribution in [-0.4, -0.2) is 35.6 Å². The highest BCUT2D eigenvalue weighted by atomic mass is 19.4. The van der Waals surface area contributed by atoms with Crippen molar-refractivity contribution < 1.29 is 18.0 Å². The predicted octanol–water partition coefficient (Wildman–Crippen LogP) is 2.99. The molecule has 0 spiro atoms. The van der Waals surface area contributed by atoms with Crippen molar-refractivity contribution in [3.05, 3.63) is 46.8 Å². The van der Waals surface area contributed by atoms with Gasteiger partial charge >= 0.3 is 6.18 Å². The number of hydrogen-bond donors (Lipinski definition) is 2. The first kappa shape index (κ1) is 19.9. The Morgan fingerprint density at radius 3 is 2.46 bits per heavy atom. The molecule has 0 bridgehead atoms. The van der Waals surface area contributed by atoms with E-state index in [0.717, 1.165) is 16.8 Å². The molecule has 0 fully saturated rings. The molecule has 1 aromatic heterocycles. The van der Waals surface area contributed by atoms with Gasteiger partial charge in [0.05, 0.1) is 0 Å². The van der Waals surface area contributed by atoms with Gasteiger partial charge in [-0.1, -0.05) is 0 Å². The van der Waals surface area contributed by atoms with Crippen LogP contribution in [0.15, 0.2) is 24.3 Å². The van der Waals surface area contributed by atoms with Crippen LogP contribution in [-0.2, 0) is 30.4 Å². The summed E-state index contributed by atoms with van der Waals surface area (Å²) in [6.45, 7) is -0.351. The first-order valence-corrected chi connectivity index (χ1v) is 8.98. The van der Waals surface area contributed by atoms with Crippen LogP contribution in [0.1, 0.15) is 35.4 Å². The van der Waals surface area contributed by atoms with Gasteiger partial charge in [-0.15, -0.1) is 0 Å². The molecular formula is C19H22F3N5O. The molecule has 6 nitrogen and oxygen atoms in total. The lowest BCUT2D eigenvalue weighted by Crippen LogP contribution is -2.34. The molecule has 0 saturated heterocycles. The van der Waals surface area contributed by atoms with Gasteiger partial charge in [0, 0.05) is 36.6 Å². The third-order valence-electron chi connectivity index (χ3n) is 4.76. The number of halogens is 3. The van der Waals surface area contributed by atoms with Gasteiger partial charge in [-0.05, 0) is 49.9 Å². The summed E-state index contributed by atoms with van der Waals surface area (Å²) in [5.41, 5.74) is 1.23. The van der Waals surface area contributed by atoms with Crippen LogP contribution in [0.5, 0.6) is 0 Å². The van der Waals surface area contributed by atoms with Crippen LogP contribution in [0.3, 0.4) is 0 Å². The smallest absolute Gasteiger partial charge is 0.378 e. The van der Waals surface area contributed by atoms with Crippen molar-refractivity contribution in [3.8, 4) is 0 Å². The molecular weight excluding hydrogens is 371 g/mol. The Hall–Kier alpha value is -2.84. The molecule has 0 aliphatic heterocycles. The number of amidine groups is 1. The number of benzene rings is 1. The average molecular weight is 393 g/mol. The van der Waals surface area contributed by atoms with Gasteiger partial charge in [0.25, 0.3) is 0 Å². The summed E-state index contributed by atoms with van der Waals surface area (Å²) in [5, 5.41) is 14.1. The van der Waals surface area contributed by atoms with E-state index >= 15 is 0 Å². The fourth-order valence-corrected chi connectivity index (χ4v) is 3.34. The van der Waals surface area contributed by atoms with Crippen LogP contribution < -0.4 is 10.2 Å². The molecule has 0 unspecified atom stereocenters. The highest BCUT2D eigenvalue weighted by molar-refractivity contribution is 6.06. The number of amides is 1. The molecule has 1 aliphatic carbocycles. The van der Waals surface area contributed by atoms with Crippen LogP contribution in [0.25, 0.3) is 0 Å². The van der Waals surface area contributed by atoms with Crippen molar-refractivity contribution in [3.63, 3.8) is 0 Å². The van der Waals surface area contributed by atoms with Gasteiger partial charge in [0.15, 0.2) is 5.69 Å². The van der Waals surface area contributed by atoms with Gasteiger partial charge in [0.2, 0.25) is 5.91 Å². The summed E-state index contributed by atoms with van der Waals surface area (Å²) >= 11 is 0. The van der Waals surface area contributed by atoms with E-state index in [1.807, 2.05) is 31.1 Å². The lowest BCUT2D eigenvalue weighted by molar-refractivity contribution is -0.142. The van der Waals surface area contributed by atoms with Crippen LogP contribution in [0.4, 0.5) is 18.9 Å². The molecule has 1 aliphatic rings. The predicted molar refractivity (Wildman–Crippen MR) is 99.6 cm³/mol. The van der Waals surface area contributed by atoms with E-state index in [0.29, 0.717) is 30.5 Å². The SMILES string of the molecule is CN(C)c1ccc(C(=N)NC(=O)Cn2nc(C(F)(F)F)c3c2CCCC3)cc1. The zero-order chi connectivity index (χ0) is 20.5. The maximum Gasteiger partial charge on any atom is 0.435 e. The van der Waals surface area contributed by atoms with E-state index in [4.69, 9.17) is 5.41 Å². The molecule has 1 aromatic carbocycles. The highest BCUT2D eigenvalue weighted by Gasteiger charge is 2.39. The number of nitrogens with zero attached hydrogens (tertiary/aromatic N) is 3. The lowest BCUT2D eigenvalue weighted by atomic mass is 9.95. The van der Waals surface area contributed by atoms with Gasteiger partial charge in [-0.2, -0.15) is 18.3 Å². The number of rotatable bonds is 4. The molecule has 1 heterocycles. The van der Waals surface area contributed by atoms with Gasteiger partial charge in [-0.3, -0.25) is 14.9 Å². The number of anilines is 1. The van der Waals surface area contributed by atoms with E-state index < -0.39 is 17.8 Å². The standard InChI is InChI=1S/C19H22F3N5O/c1-26(2)13-9-7-12(8-10-13)18(23)24-16(28)11-27-15-6-4-3-5-14(15)17(25-27)19(20,21)22/h7-10H,3-6,11H2,1-2H3,(H2,23,24,28). The van der Waals surface area contributed by atoms with Crippen LogP contribution >= 0.6 is 0 Å². The molecule has 28 heavy (non-hydrogen) atoms.